The van der Waals surface area contributed by atoms with E-state index in [0.717, 1.165) is 22.2 Å². The van der Waals surface area contributed by atoms with E-state index in [4.69, 9.17) is 0 Å². The Bertz CT molecular complexity index is 987. The zero-order chi connectivity index (χ0) is 18.8. The maximum Gasteiger partial charge on any atom is 0.251 e. The zero-order valence-corrected chi connectivity index (χ0v) is 15.1. The smallest absolute Gasteiger partial charge is 0.251 e. The van der Waals surface area contributed by atoms with Crippen molar-refractivity contribution in [3.8, 4) is 0 Å². The van der Waals surface area contributed by atoms with Gasteiger partial charge in [-0.2, -0.15) is 0 Å². The second-order valence-electron chi connectivity index (χ2n) is 6.48. The van der Waals surface area contributed by atoms with Crippen LogP contribution in [0.5, 0.6) is 0 Å². The molecule has 0 bridgehead atoms. The van der Waals surface area contributed by atoms with Crippen molar-refractivity contribution in [3.05, 3.63) is 70.2 Å². The summed E-state index contributed by atoms with van der Waals surface area (Å²) in [6.45, 7) is 5.80. The molecule has 134 valence electrons. The number of carbonyl (C=O) groups is 2. The number of halogens is 1. The molecule has 3 aromatic rings. The van der Waals surface area contributed by atoms with Crippen LogP contribution in [0.4, 0.5) is 4.39 Å². The third-order valence-electron chi connectivity index (χ3n) is 4.64. The molecule has 1 heterocycles. The second kappa shape index (κ2) is 7.12. The third kappa shape index (κ3) is 3.38. The summed E-state index contributed by atoms with van der Waals surface area (Å²) in [6.07, 6.45) is 0.605. The summed E-state index contributed by atoms with van der Waals surface area (Å²) in [5.41, 5.74) is 4.54. The molecule has 5 heteroatoms. The van der Waals surface area contributed by atoms with Gasteiger partial charge in [0.25, 0.3) is 5.91 Å². The van der Waals surface area contributed by atoms with Gasteiger partial charge < -0.3 is 10.3 Å². The number of hydrogen-bond acceptors (Lipinski definition) is 2. The molecule has 26 heavy (non-hydrogen) atoms. The van der Waals surface area contributed by atoms with E-state index in [1.165, 1.54) is 13.0 Å². The Labute approximate surface area is 151 Å². The molecular weight excluding hydrogens is 331 g/mol. The lowest BCUT2D eigenvalue weighted by Gasteiger charge is -2.07. The van der Waals surface area contributed by atoms with E-state index in [0.29, 0.717) is 29.6 Å². The summed E-state index contributed by atoms with van der Waals surface area (Å²) in [6, 6.07) is 9.80. The van der Waals surface area contributed by atoms with Crippen LogP contribution in [0.1, 0.15) is 44.5 Å². The Hall–Kier alpha value is -2.95. The Morgan fingerprint density at radius 3 is 2.35 bits per heavy atom. The molecule has 4 nitrogen and oxygen atoms in total. The number of ketones is 1. The van der Waals surface area contributed by atoms with Gasteiger partial charge in [-0.05, 0) is 56.5 Å². The minimum atomic E-state index is -0.269. The maximum absolute atomic E-state index is 14.0. The third-order valence-corrected chi connectivity index (χ3v) is 4.64. The average Bonchev–Trinajstić information content (AvgIpc) is 2.96. The number of H-pyrrole nitrogens is 1. The highest BCUT2D eigenvalue weighted by molar-refractivity contribution is 5.97. The van der Waals surface area contributed by atoms with E-state index >= 15 is 0 Å². The molecule has 2 N–H and O–H groups in total. The highest BCUT2D eigenvalue weighted by Crippen LogP contribution is 2.27. The maximum atomic E-state index is 14.0. The summed E-state index contributed by atoms with van der Waals surface area (Å²) in [4.78, 5) is 26.7. The number of aromatic amines is 1. The van der Waals surface area contributed by atoms with Crippen LogP contribution in [0.25, 0.3) is 10.9 Å². The van der Waals surface area contributed by atoms with Crippen LogP contribution in [0.3, 0.4) is 0 Å². The molecule has 0 unspecified atom stereocenters. The number of amides is 1. The molecule has 1 aromatic heterocycles. The lowest BCUT2D eigenvalue weighted by Crippen LogP contribution is -2.25. The summed E-state index contributed by atoms with van der Waals surface area (Å²) >= 11 is 0. The minimum Gasteiger partial charge on any atom is -0.356 e. The normalized spacial score (nSPS) is 10.9. The van der Waals surface area contributed by atoms with Crippen molar-refractivity contribution in [1.82, 2.24) is 10.3 Å². The highest BCUT2D eigenvalue weighted by Gasteiger charge is 2.14. The topological polar surface area (TPSA) is 62.0 Å². The molecule has 0 atom stereocenters. The SMILES string of the molecule is CC(=O)c1ccc(C(=O)NCCc2c(C)[nH]c3c(F)ccc(C)c23)cc1. The van der Waals surface area contributed by atoms with Gasteiger partial charge in [-0.25, -0.2) is 4.39 Å². The lowest BCUT2D eigenvalue weighted by molar-refractivity contribution is 0.0952. The molecule has 0 aliphatic rings. The number of Topliss-reactive ketones (excluding diaryl/α,β-unsaturated/α-hetero) is 1. The van der Waals surface area contributed by atoms with Crippen LogP contribution >= 0.6 is 0 Å². The Morgan fingerprint density at radius 2 is 1.69 bits per heavy atom. The molecule has 0 saturated carbocycles. The lowest BCUT2D eigenvalue weighted by atomic mass is 10.0. The monoisotopic (exact) mass is 352 g/mol. The molecule has 0 spiro atoms. The van der Waals surface area contributed by atoms with Crippen LogP contribution in [-0.4, -0.2) is 23.2 Å². The molecule has 2 aromatic carbocycles. The minimum absolute atomic E-state index is 0.0330. The number of rotatable bonds is 5. The number of benzene rings is 2. The quantitative estimate of drug-likeness (QED) is 0.679. The average molecular weight is 352 g/mol. The largest absolute Gasteiger partial charge is 0.356 e. The number of nitrogens with one attached hydrogen (secondary N) is 2. The summed E-state index contributed by atoms with van der Waals surface area (Å²) < 4.78 is 14.0. The Kier molecular flexibility index (Phi) is 4.89. The second-order valence-corrected chi connectivity index (χ2v) is 6.48. The van der Waals surface area contributed by atoms with Crippen LogP contribution < -0.4 is 5.32 Å². The number of fused-ring (bicyclic) bond motifs is 1. The van der Waals surface area contributed by atoms with Gasteiger partial charge in [-0.1, -0.05) is 18.2 Å². The van der Waals surface area contributed by atoms with Crippen LogP contribution in [0.15, 0.2) is 36.4 Å². The van der Waals surface area contributed by atoms with E-state index in [9.17, 15) is 14.0 Å². The van der Waals surface area contributed by atoms with Gasteiger partial charge in [0.1, 0.15) is 5.82 Å². The van der Waals surface area contributed by atoms with Crippen molar-refractivity contribution < 1.29 is 14.0 Å². The molecule has 0 aliphatic heterocycles. The first-order chi connectivity index (χ1) is 12.4. The first-order valence-electron chi connectivity index (χ1n) is 8.54. The van der Waals surface area contributed by atoms with Gasteiger partial charge >= 0.3 is 0 Å². The van der Waals surface area contributed by atoms with E-state index in [1.807, 2.05) is 13.8 Å². The molecular formula is C21H21FN2O2. The number of hydrogen-bond donors (Lipinski definition) is 2. The highest BCUT2D eigenvalue weighted by atomic mass is 19.1. The fraction of sp³-hybridized carbons (Fsp3) is 0.238. The number of carbonyl (C=O) groups excluding carboxylic acids is 2. The van der Waals surface area contributed by atoms with Gasteiger partial charge in [0.05, 0.1) is 5.52 Å². The first-order valence-corrected chi connectivity index (χ1v) is 8.54. The van der Waals surface area contributed by atoms with E-state index < -0.39 is 0 Å². The van der Waals surface area contributed by atoms with Gasteiger partial charge in [-0.15, -0.1) is 0 Å². The summed E-state index contributed by atoms with van der Waals surface area (Å²) in [5, 5.41) is 3.77. The molecule has 0 radical (unpaired) electrons. The van der Waals surface area contributed by atoms with E-state index in [1.54, 1.807) is 30.3 Å². The van der Waals surface area contributed by atoms with Crippen LogP contribution in [0.2, 0.25) is 0 Å². The van der Waals surface area contributed by atoms with Gasteiger partial charge in [0.15, 0.2) is 5.78 Å². The van der Waals surface area contributed by atoms with Crippen molar-refractivity contribution >= 4 is 22.6 Å². The summed E-state index contributed by atoms with van der Waals surface area (Å²) in [5.74, 6) is -0.496. The summed E-state index contributed by atoms with van der Waals surface area (Å²) in [7, 11) is 0. The molecule has 0 aliphatic carbocycles. The van der Waals surface area contributed by atoms with Gasteiger partial charge in [0, 0.05) is 28.8 Å². The Balaban J connectivity index is 1.71. The van der Waals surface area contributed by atoms with E-state index in [-0.39, 0.29) is 17.5 Å². The number of aromatic nitrogens is 1. The van der Waals surface area contributed by atoms with E-state index in [2.05, 4.69) is 10.3 Å². The molecule has 0 fully saturated rings. The standard InChI is InChI=1S/C21H21FN2O2/c1-12-4-9-18(22)20-19(12)17(13(2)24-20)10-11-23-21(26)16-7-5-15(6-8-16)14(3)25/h4-9,24H,10-11H2,1-3H3,(H,23,26). The van der Waals surface area contributed by atoms with Gasteiger partial charge in [-0.3, -0.25) is 9.59 Å². The van der Waals surface area contributed by atoms with Crippen molar-refractivity contribution in [2.45, 2.75) is 27.2 Å². The van der Waals surface area contributed by atoms with Crippen LogP contribution in [0, 0.1) is 19.7 Å². The molecule has 1 amide bonds. The zero-order valence-electron chi connectivity index (χ0n) is 15.1. The van der Waals surface area contributed by atoms with Gasteiger partial charge in [0.2, 0.25) is 0 Å². The predicted molar refractivity (Wildman–Crippen MR) is 100 cm³/mol. The Morgan fingerprint density at radius 1 is 1.04 bits per heavy atom. The van der Waals surface area contributed by atoms with Crippen molar-refractivity contribution in [2.75, 3.05) is 6.54 Å². The number of aryl methyl sites for hydroxylation is 2. The van der Waals surface area contributed by atoms with Crippen molar-refractivity contribution in [3.63, 3.8) is 0 Å². The fourth-order valence-electron chi connectivity index (χ4n) is 3.21. The first kappa shape index (κ1) is 17.9. The molecule has 3 rings (SSSR count). The molecule has 0 saturated heterocycles. The van der Waals surface area contributed by atoms with Crippen molar-refractivity contribution in [1.29, 1.82) is 0 Å². The van der Waals surface area contributed by atoms with Crippen LogP contribution in [-0.2, 0) is 6.42 Å². The van der Waals surface area contributed by atoms with Crippen molar-refractivity contribution in [2.24, 2.45) is 0 Å². The fourth-order valence-corrected chi connectivity index (χ4v) is 3.21. The predicted octanol–water partition coefficient (Wildman–Crippen LogP) is 4.10.